The van der Waals surface area contributed by atoms with Gasteiger partial charge in [0.05, 0.1) is 22.9 Å². The Morgan fingerprint density at radius 3 is 2.35 bits per heavy atom. The highest BCUT2D eigenvalue weighted by Crippen LogP contribution is 2.22. The van der Waals surface area contributed by atoms with E-state index < -0.39 is 9.84 Å². The van der Waals surface area contributed by atoms with Crippen molar-refractivity contribution >= 4 is 20.6 Å². The lowest BCUT2D eigenvalue weighted by atomic mass is 10.1. The molecule has 4 aromatic rings. The molecule has 5 heteroatoms. The van der Waals surface area contributed by atoms with Gasteiger partial charge in [-0.2, -0.15) is 5.10 Å². The van der Waals surface area contributed by atoms with Crippen molar-refractivity contribution in [3.05, 3.63) is 96.3 Å². The lowest BCUT2D eigenvalue weighted by Gasteiger charge is -2.07. The predicted octanol–water partition coefficient (Wildman–Crippen LogP) is 4.14. The number of sulfone groups is 1. The zero-order chi connectivity index (χ0) is 18.0. The molecule has 0 aliphatic carbocycles. The molecular weight excluding hydrogens is 344 g/mol. The van der Waals surface area contributed by atoms with Gasteiger partial charge in [0.15, 0.2) is 9.84 Å². The molecule has 3 aromatic carbocycles. The number of para-hydroxylation sites is 1. The minimum atomic E-state index is -3.32. The van der Waals surface area contributed by atoms with Crippen LogP contribution in [0.1, 0.15) is 11.3 Å². The van der Waals surface area contributed by atoms with Gasteiger partial charge in [0.1, 0.15) is 0 Å². The highest BCUT2D eigenvalue weighted by atomic mass is 32.2. The van der Waals surface area contributed by atoms with Crippen LogP contribution in [0.4, 0.5) is 0 Å². The molecule has 0 amide bonds. The molecule has 0 atom stereocenters. The molecule has 0 bridgehead atoms. The highest BCUT2D eigenvalue weighted by molar-refractivity contribution is 7.89. The first-order chi connectivity index (χ1) is 12.6. The number of hydrogen-bond donors (Lipinski definition) is 0. The van der Waals surface area contributed by atoms with E-state index in [1.807, 2.05) is 72.8 Å². The summed E-state index contributed by atoms with van der Waals surface area (Å²) < 4.78 is 27.1. The summed E-state index contributed by atoms with van der Waals surface area (Å²) in [5.41, 5.74) is 2.28. The van der Waals surface area contributed by atoms with Crippen LogP contribution in [0.3, 0.4) is 0 Å². The lowest BCUT2D eigenvalue weighted by molar-refractivity contribution is 0.593. The second kappa shape index (κ2) is 6.77. The van der Waals surface area contributed by atoms with E-state index in [4.69, 9.17) is 0 Å². The molecule has 130 valence electrons. The van der Waals surface area contributed by atoms with Gasteiger partial charge in [0, 0.05) is 6.20 Å². The third-order valence-corrected chi connectivity index (χ3v) is 5.77. The molecule has 4 nitrogen and oxygen atoms in total. The van der Waals surface area contributed by atoms with Gasteiger partial charge < -0.3 is 0 Å². The normalized spacial score (nSPS) is 11.7. The molecule has 4 rings (SSSR count). The summed E-state index contributed by atoms with van der Waals surface area (Å²) in [6.45, 7) is 0. The molecule has 0 N–H and O–H groups in total. The summed E-state index contributed by atoms with van der Waals surface area (Å²) in [4.78, 5) is 0. The number of benzene rings is 3. The standard InChI is InChI=1S/C21H18N2O2S/c24-26(25,15-18-9-6-8-17-7-4-5-12-21(17)18)16-19-13-14-23(22-19)20-10-2-1-3-11-20/h1-14H,15-16H2. The monoisotopic (exact) mass is 362 g/mol. The van der Waals surface area contributed by atoms with Gasteiger partial charge in [0.25, 0.3) is 0 Å². The number of hydrogen-bond acceptors (Lipinski definition) is 3. The summed E-state index contributed by atoms with van der Waals surface area (Å²) >= 11 is 0. The molecule has 0 saturated carbocycles. The summed E-state index contributed by atoms with van der Waals surface area (Å²) in [6.07, 6.45) is 1.79. The fourth-order valence-corrected chi connectivity index (χ4v) is 4.53. The minimum Gasteiger partial charge on any atom is -0.241 e. The fourth-order valence-electron chi connectivity index (χ4n) is 3.09. The highest BCUT2D eigenvalue weighted by Gasteiger charge is 2.16. The van der Waals surface area contributed by atoms with Gasteiger partial charge >= 0.3 is 0 Å². The van der Waals surface area contributed by atoms with E-state index in [1.54, 1.807) is 16.9 Å². The Kier molecular flexibility index (Phi) is 4.31. The SMILES string of the molecule is O=S(=O)(Cc1ccn(-c2ccccc2)n1)Cc1cccc2ccccc12. The van der Waals surface area contributed by atoms with Crippen molar-refractivity contribution < 1.29 is 8.42 Å². The molecule has 1 heterocycles. The quantitative estimate of drug-likeness (QED) is 0.536. The van der Waals surface area contributed by atoms with Gasteiger partial charge in [-0.25, -0.2) is 13.1 Å². The smallest absolute Gasteiger partial charge is 0.160 e. The van der Waals surface area contributed by atoms with Crippen LogP contribution < -0.4 is 0 Å². The third-order valence-electron chi connectivity index (χ3n) is 4.29. The molecule has 0 spiro atoms. The average Bonchev–Trinajstić information content (AvgIpc) is 3.10. The van der Waals surface area contributed by atoms with E-state index in [9.17, 15) is 8.42 Å². The molecular formula is C21H18N2O2S. The van der Waals surface area contributed by atoms with Crippen LogP contribution >= 0.6 is 0 Å². The van der Waals surface area contributed by atoms with Gasteiger partial charge in [-0.15, -0.1) is 0 Å². The molecule has 0 aliphatic heterocycles. The Balaban J connectivity index is 1.57. The van der Waals surface area contributed by atoms with Crippen LogP contribution in [-0.4, -0.2) is 18.2 Å². The molecule has 0 fully saturated rings. The molecule has 0 radical (unpaired) electrons. The zero-order valence-corrected chi connectivity index (χ0v) is 14.9. The first-order valence-corrected chi connectivity index (χ1v) is 10.2. The Labute approximate surface area is 152 Å². The molecule has 0 aliphatic rings. The van der Waals surface area contributed by atoms with Gasteiger partial charge in [-0.1, -0.05) is 60.7 Å². The first-order valence-electron chi connectivity index (χ1n) is 8.38. The minimum absolute atomic E-state index is 0.00650. The van der Waals surface area contributed by atoms with E-state index >= 15 is 0 Å². The second-order valence-corrected chi connectivity index (χ2v) is 8.32. The summed E-state index contributed by atoms with van der Waals surface area (Å²) in [5, 5.41) is 6.44. The van der Waals surface area contributed by atoms with Crippen molar-refractivity contribution in [2.75, 3.05) is 0 Å². The molecule has 1 aromatic heterocycles. The van der Waals surface area contributed by atoms with Crippen molar-refractivity contribution in [3.8, 4) is 5.69 Å². The maximum atomic E-state index is 12.7. The maximum absolute atomic E-state index is 12.7. The zero-order valence-electron chi connectivity index (χ0n) is 14.1. The van der Waals surface area contributed by atoms with E-state index in [-0.39, 0.29) is 11.5 Å². The van der Waals surface area contributed by atoms with Crippen molar-refractivity contribution in [1.82, 2.24) is 9.78 Å². The van der Waals surface area contributed by atoms with Crippen molar-refractivity contribution in [2.45, 2.75) is 11.5 Å². The van der Waals surface area contributed by atoms with E-state index in [0.717, 1.165) is 22.0 Å². The van der Waals surface area contributed by atoms with Gasteiger partial charge in [0.2, 0.25) is 0 Å². The number of nitrogens with zero attached hydrogens (tertiary/aromatic N) is 2. The summed E-state index contributed by atoms with van der Waals surface area (Å²) in [5.74, 6) is -0.0669. The number of aromatic nitrogens is 2. The lowest BCUT2D eigenvalue weighted by Crippen LogP contribution is -2.09. The van der Waals surface area contributed by atoms with Gasteiger partial charge in [-0.05, 0) is 34.5 Å². The summed E-state index contributed by atoms with van der Waals surface area (Å²) in [7, 11) is -3.32. The van der Waals surface area contributed by atoms with Crippen LogP contribution in [0.5, 0.6) is 0 Å². The largest absolute Gasteiger partial charge is 0.241 e. The van der Waals surface area contributed by atoms with Crippen molar-refractivity contribution in [2.24, 2.45) is 0 Å². The van der Waals surface area contributed by atoms with E-state index in [2.05, 4.69) is 5.10 Å². The summed E-state index contributed by atoms with van der Waals surface area (Å²) in [6, 6.07) is 25.0. The van der Waals surface area contributed by atoms with Crippen molar-refractivity contribution in [1.29, 1.82) is 0 Å². The van der Waals surface area contributed by atoms with E-state index in [0.29, 0.717) is 5.69 Å². The fraction of sp³-hybridized carbons (Fsp3) is 0.0952. The Morgan fingerprint density at radius 1 is 0.769 bits per heavy atom. The topological polar surface area (TPSA) is 52.0 Å². The Morgan fingerprint density at radius 2 is 1.50 bits per heavy atom. The number of fused-ring (bicyclic) bond motifs is 1. The van der Waals surface area contributed by atoms with Crippen molar-refractivity contribution in [3.63, 3.8) is 0 Å². The maximum Gasteiger partial charge on any atom is 0.160 e. The number of rotatable bonds is 5. The molecule has 26 heavy (non-hydrogen) atoms. The molecule has 0 unspecified atom stereocenters. The first kappa shape index (κ1) is 16.5. The van der Waals surface area contributed by atoms with Crippen LogP contribution in [-0.2, 0) is 21.3 Å². The third kappa shape index (κ3) is 3.53. The van der Waals surface area contributed by atoms with E-state index in [1.165, 1.54) is 0 Å². The van der Waals surface area contributed by atoms with Gasteiger partial charge in [-0.3, -0.25) is 0 Å². The average molecular weight is 362 g/mol. The molecule has 0 saturated heterocycles. The van der Waals surface area contributed by atoms with Crippen LogP contribution in [0, 0.1) is 0 Å². The Bertz CT molecular complexity index is 1140. The van der Waals surface area contributed by atoms with Crippen LogP contribution in [0.15, 0.2) is 85.1 Å². The Hall–Kier alpha value is -2.92. The second-order valence-electron chi connectivity index (χ2n) is 6.26. The van der Waals surface area contributed by atoms with Crippen LogP contribution in [0.2, 0.25) is 0 Å². The predicted molar refractivity (Wildman–Crippen MR) is 104 cm³/mol. The van der Waals surface area contributed by atoms with Crippen LogP contribution in [0.25, 0.3) is 16.5 Å².